The van der Waals surface area contributed by atoms with Crippen LogP contribution in [0.15, 0.2) is 39.5 Å². The molecule has 0 aliphatic heterocycles. The van der Waals surface area contributed by atoms with E-state index in [-0.39, 0.29) is 11.6 Å². The first-order chi connectivity index (χ1) is 8.74. The highest BCUT2D eigenvalue weighted by Crippen LogP contribution is 2.31. The summed E-state index contributed by atoms with van der Waals surface area (Å²) in [5.74, 6) is 0.896. The Morgan fingerprint density at radius 3 is 2.94 bits per heavy atom. The smallest absolute Gasteiger partial charge is 0.259 e. The monoisotopic (exact) mass is 278 g/mol. The van der Waals surface area contributed by atoms with E-state index in [9.17, 15) is 5.11 Å². The molecular formula is C12H7ClN2O2S. The average molecular weight is 279 g/mol. The van der Waals surface area contributed by atoms with Gasteiger partial charge in [0.25, 0.3) is 5.89 Å². The van der Waals surface area contributed by atoms with Crippen molar-refractivity contribution < 1.29 is 9.63 Å². The molecule has 0 spiro atoms. The van der Waals surface area contributed by atoms with Gasteiger partial charge in [-0.15, -0.1) is 0 Å². The largest absolute Gasteiger partial charge is 0.508 e. The van der Waals surface area contributed by atoms with E-state index < -0.39 is 0 Å². The molecule has 0 aliphatic carbocycles. The highest BCUT2D eigenvalue weighted by atomic mass is 35.5. The average Bonchev–Trinajstić information content (AvgIpc) is 3.00. The van der Waals surface area contributed by atoms with Gasteiger partial charge in [0.1, 0.15) is 5.75 Å². The summed E-state index contributed by atoms with van der Waals surface area (Å²) in [6.45, 7) is 0. The lowest BCUT2D eigenvalue weighted by molar-refractivity contribution is 0.431. The van der Waals surface area contributed by atoms with Crippen molar-refractivity contribution in [2.24, 2.45) is 0 Å². The van der Waals surface area contributed by atoms with Crippen LogP contribution in [-0.2, 0) is 0 Å². The molecule has 1 aromatic carbocycles. The van der Waals surface area contributed by atoms with Crippen molar-refractivity contribution >= 4 is 22.9 Å². The maximum atomic E-state index is 9.44. The number of nitrogens with zero attached hydrogens (tertiary/aromatic N) is 2. The zero-order valence-corrected chi connectivity index (χ0v) is 10.6. The van der Waals surface area contributed by atoms with Crippen LogP contribution in [0.5, 0.6) is 5.75 Å². The molecule has 6 heteroatoms. The summed E-state index contributed by atoms with van der Waals surface area (Å²) >= 11 is 7.59. The highest BCUT2D eigenvalue weighted by Gasteiger charge is 2.14. The van der Waals surface area contributed by atoms with E-state index in [1.54, 1.807) is 17.4 Å². The number of benzene rings is 1. The fraction of sp³-hybridized carbons (Fsp3) is 0. The third kappa shape index (κ3) is 1.98. The number of aromatic hydroxyl groups is 1. The Hall–Kier alpha value is -1.85. The fourth-order valence-electron chi connectivity index (χ4n) is 1.52. The summed E-state index contributed by atoms with van der Waals surface area (Å²) < 4.78 is 5.16. The summed E-state index contributed by atoms with van der Waals surface area (Å²) in [6, 6.07) is 6.49. The summed E-state index contributed by atoms with van der Waals surface area (Å²) in [5.41, 5.74) is 1.41. The summed E-state index contributed by atoms with van der Waals surface area (Å²) in [4.78, 5) is 4.26. The lowest BCUT2D eigenvalue weighted by atomic mass is 10.2. The first-order valence-electron chi connectivity index (χ1n) is 5.09. The van der Waals surface area contributed by atoms with Gasteiger partial charge in [-0.1, -0.05) is 16.8 Å². The summed E-state index contributed by atoms with van der Waals surface area (Å²) in [6.07, 6.45) is 0. The molecule has 0 bridgehead atoms. The number of phenolic OH excluding ortho intramolecular Hbond substituents is 1. The number of aromatic nitrogens is 2. The van der Waals surface area contributed by atoms with Crippen LogP contribution in [0.25, 0.3) is 22.8 Å². The zero-order valence-electron chi connectivity index (χ0n) is 9.00. The lowest BCUT2D eigenvalue weighted by Crippen LogP contribution is -1.80. The van der Waals surface area contributed by atoms with Gasteiger partial charge in [-0.3, -0.25) is 0 Å². The molecule has 18 heavy (non-hydrogen) atoms. The second kappa shape index (κ2) is 4.44. The first-order valence-corrected chi connectivity index (χ1v) is 6.41. The number of halogens is 1. The Morgan fingerprint density at radius 2 is 2.17 bits per heavy atom. The molecule has 2 heterocycles. The van der Waals surface area contributed by atoms with Crippen molar-refractivity contribution in [3.8, 4) is 28.6 Å². The van der Waals surface area contributed by atoms with Gasteiger partial charge in [-0.05, 0) is 29.6 Å². The molecule has 90 valence electrons. The van der Waals surface area contributed by atoms with Gasteiger partial charge in [-0.25, -0.2) is 0 Å². The third-order valence-electron chi connectivity index (χ3n) is 2.39. The normalized spacial score (nSPS) is 10.7. The number of hydrogen-bond acceptors (Lipinski definition) is 5. The van der Waals surface area contributed by atoms with E-state index in [4.69, 9.17) is 16.1 Å². The molecule has 0 unspecified atom stereocenters. The highest BCUT2D eigenvalue weighted by molar-refractivity contribution is 7.08. The van der Waals surface area contributed by atoms with Crippen LogP contribution in [0, 0.1) is 0 Å². The van der Waals surface area contributed by atoms with E-state index in [0.717, 1.165) is 5.56 Å². The number of rotatable bonds is 2. The predicted octanol–water partition coefficient (Wildman–Crippen LogP) is 3.82. The Kier molecular flexibility index (Phi) is 2.77. The molecule has 0 atom stereocenters. The van der Waals surface area contributed by atoms with Gasteiger partial charge in [0, 0.05) is 10.9 Å². The maximum absolute atomic E-state index is 9.44. The Labute approximate surface area is 111 Å². The molecule has 0 saturated carbocycles. The van der Waals surface area contributed by atoms with Gasteiger partial charge in [0.15, 0.2) is 0 Å². The van der Waals surface area contributed by atoms with Crippen LogP contribution >= 0.6 is 22.9 Å². The molecule has 3 aromatic rings. The molecule has 0 radical (unpaired) electrons. The maximum Gasteiger partial charge on any atom is 0.259 e. The van der Waals surface area contributed by atoms with Crippen LogP contribution < -0.4 is 0 Å². The second-order valence-corrected chi connectivity index (χ2v) is 4.79. The number of hydrogen-bond donors (Lipinski definition) is 1. The van der Waals surface area contributed by atoms with Crippen molar-refractivity contribution in [2.75, 3.05) is 0 Å². The van der Waals surface area contributed by atoms with E-state index >= 15 is 0 Å². The minimum Gasteiger partial charge on any atom is -0.508 e. The van der Waals surface area contributed by atoms with Crippen LogP contribution in [0.2, 0.25) is 5.02 Å². The first kappa shape index (κ1) is 11.3. The molecule has 0 fully saturated rings. The summed E-state index contributed by atoms with van der Waals surface area (Å²) in [7, 11) is 0. The fourth-order valence-corrected chi connectivity index (χ4v) is 2.35. The minimum atomic E-state index is 0.102. The van der Waals surface area contributed by atoms with Crippen molar-refractivity contribution in [2.45, 2.75) is 0 Å². The quantitative estimate of drug-likeness (QED) is 0.774. The molecule has 0 amide bonds. The van der Waals surface area contributed by atoms with E-state index in [1.165, 1.54) is 12.1 Å². The lowest BCUT2D eigenvalue weighted by Gasteiger charge is -1.98. The van der Waals surface area contributed by atoms with Gasteiger partial charge < -0.3 is 9.63 Å². The van der Waals surface area contributed by atoms with Gasteiger partial charge in [0.2, 0.25) is 5.82 Å². The van der Waals surface area contributed by atoms with Gasteiger partial charge >= 0.3 is 0 Å². The molecule has 0 aliphatic rings. The summed E-state index contributed by atoms with van der Waals surface area (Å²) in [5, 5.41) is 17.6. The van der Waals surface area contributed by atoms with E-state index in [1.807, 2.05) is 16.8 Å². The van der Waals surface area contributed by atoms with Crippen LogP contribution in [0.1, 0.15) is 0 Å². The molecule has 2 aromatic heterocycles. The Balaban J connectivity index is 2.05. The van der Waals surface area contributed by atoms with Crippen LogP contribution in [-0.4, -0.2) is 15.2 Å². The second-order valence-electron chi connectivity index (χ2n) is 3.60. The predicted molar refractivity (Wildman–Crippen MR) is 69.7 cm³/mol. The van der Waals surface area contributed by atoms with Gasteiger partial charge in [0.05, 0.1) is 10.6 Å². The van der Waals surface area contributed by atoms with E-state index in [2.05, 4.69) is 10.1 Å². The van der Waals surface area contributed by atoms with Crippen LogP contribution in [0.4, 0.5) is 0 Å². The third-order valence-corrected chi connectivity index (χ3v) is 3.40. The number of phenols is 1. The molecule has 4 nitrogen and oxygen atoms in total. The van der Waals surface area contributed by atoms with Crippen LogP contribution in [0.3, 0.4) is 0 Å². The molecule has 0 saturated heterocycles. The standard InChI is InChI=1S/C12H7ClN2O2S/c13-10-2-1-8(16)5-9(10)12-14-11(15-17-12)7-3-4-18-6-7/h1-6,16H. The zero-order chi connectivity index (χ0) is 12.5. The van der Waals surface area contributed by atoms with Gasteiger partial charge in [-0.2, -0.15) is 16.3 Å². The SMILES string of the molecule is Oc1ccc(Cl)c(-c2nc(-c3ccsc3)no2)c1. The molecule has 3 rings (SSSR count). The minimum absolute atomic E-state index is 0.102. The number of thiophene rings is 1. The van der Waals surface area contributed by atoms with Crippen molar-refractivity contribution in [1.29, 1.82) is 0 Å². The van der Waals surface area contributed by atoms with Crippen molar-refractivity contribution in [3.63, 3.8) is 0 Å². The Morgan fingerprint density at radius 1 is 1.28 bits per heavy atom. The Bertz CT molecular complexity index is 679. The molecule has 1 N–H and O–H groups in total. The van der Waals surface area contributed by atoms with Crippen molar-refractivity contribution in [1.82, 2.24) is 10.1 Å². The van der Waals surface area contributed by atoms with E-state index in [0.29, 0.717) is 16.4 Å². The molecular weight excluding hydrogens is 272 g/mol. The topological polar surface area (TPSA) is 59.2 Å². The van der Waals surface area contributed by atoms with Crippen molar-refractivity contribution in [3.05, 3.63) is 40.0 Å².